The van der Waals surface area contributed by atoms with E-state index in [2.05, 4.69) is 0 Å². The molecule has 0 aromatic heterocycles. The molecule has 0 aromatic carbocycles. The van der Waals surface area contributed by atoms with Gasteiger partial charge in [0, 0.05) is 0 Å². The molecule has 0 heterocycles. The molecule has 0 saturated heterocycles. The van der Waals surface area contributed by atoms with E-state index in [0.717, 1.165) is 12.8 Å². The Balaban J connectivity index is 2.93. The third-order valence-corrected chi connectivity index (χ3v) is 0.976. The lowest BCUT2D eigenvalue weighted by molar-refractivity contribution is 0.0986. The summed E-state index contributed by atoms with van der Waals surface area (Å²) in [5, 5.41) is 10.4. The van der Waals surface area contributed by atoms with E-state index in [1.165, 1.54) is 0 Å². The van der Waals surface area contributed by atoms with Crippen molar-refractivity contribution in [3.05, 3.63) is 12.2 Å². The number of hydrogen-bond donors (Lipinski definition) is 0. The van der Waals surface area contributed by atoms with Crippen molar-refractivity contribution < 1.29 is 5.11 Å². The SMILES string of the molecule is C/C=C/CCC(C)[O]. The molecule has 1 heteroatoms. The lowest BCUT2D eigenvalue weighted by Crippen LogP contribution is -1.94. The minimum atomic E-state index is -0.397. The van der Waals surface area contributed by atoms with Gasteiger partial charge in [-0.3, -0.25) is 0 Å². The molecule has 0 aromatic rings. The van der Waals surface area contributed by atoms with Crippen LogP contribution in [0, 0.1) is 0 Å². The highest BCUT2D eigenvalue weighted by Crippen LogP contribution is 1.96. The maximum atomic E-state index is 10.4. The average Bonchev–Trinajstić information content (AvgIpc) is 1.66. The van der Waals surface area contributed by atoms with E-state index in [1.807, 2.05) is 19.1 Å². The zero-order valence-corrected chi connectivity index (χ0v) is 5.55. The zero-order chi connectivity index (χ0) is 6.41. The van der Waals surface area contributed by atoms with Crippen LogP contribution in [-0.4, -0.2) is 6.10 Å². The summed E-state index contributed by atoms with van der Waals surface area (Å²) < 4.78 is 0. The van der Waals surface area contributed by atoms with Crippen molar-refractivity contribution in [2.75, 3.05) is 0 Å². The fraction of sp³-hybridized carbons (Fsp3) is 0.714. The summed E-state index contributed by atoms with van der Waals surface area (Å²) in [6, 6.07) is 0. The van der Waals surface area contributed by atoms with Crippen molar-refractivity contribution in [2.24, 2.45) is 0 Å². The Labute approximate surface area is 51.0 Å². The highest BCUT2D eigenvalue weighted by atomic mass is 16.3. The minimum Gasteiger partial charge on any atom is -0.233 e. The van der Waals surface area contributed by atoms with Gasteiger partial charge in [-0.15, -0.1) is 0 Å². The summed E-state index contributed by atoms with van der Waals surface area (Å²) in [6.45, 7) is 3.67. The van der Waals surface area contributed by atoms with Gasteiger partial charge in [0.2, 0.25) is 0 Å². The average molecular weight is 113 g/mol. The van der Waals surface area contributed by atoms with E-state index in [0.29, 0.717) is 0 Å². The van der Waals surface area contributed by atoms with Crippen molar-refractivity contribution in [2.45, 2.75) is 32.8 Å². The van der Waals surface area contributed by atoms with E-state index in [-0.39, 0.29) is 0 Å². The molecule has 0 amide bonds. The number of rotatable bonds is 3. The third-order valence-electron chi connectivity index (χ3n) is 0.976. The molecule has 0 fully saturated rings. The second-order valence-corrected chi connectivity index (χ2v) is 1.96. The van der Waals surface area contributed by atoms with Crippen LogP contribution in [0.1, 0.15) is 26.7 Å². The maximum absolute atomic E-state index is 10.4. The predicted octanol–water partition coefficient (Wildman–Crippen LogP) is 2.16. The zero-order valence-electron chi connectivity index (χ0n) is 5.55. The smallest absolute Gasteiger partial charge is 0.0905 e. The summed E-state index contributed by atoms with van der Waals surface area (Å²) >= 11 is 0. The Kier molecular flexibility index (Phi) is 4.67. The molecule has 0 rings (SSSR count). The van der Waals surface area contributed by atoms with Crippen LogP contribution >= 0.6 is 0 Å². The van der Waals surface area contributed by atoms with Crippen LogP contribution in [0.3, 0.4) is 0 Å². The highest BCUT2D eigenvalue weighted by Gasteiger charge is 1.91. The molecular formula is C7H13O. The summed E-state index contributed by atoms with van der Waals surface area (Å²) in [5.41, 5.74) is 0. The van der Waals surface area contributed by atoms with Crippen LogP contribution in [0.15, 0.2) is 12.2 Å². The van der Waals surface area contributed by atoms with Gasteiger partial charge in [-0.2, -0.15) is 0 Å². The van der Waals surface area contributed by atoms with E-state index in [9.17, 15) is 5.11 Å². The minimum absolute atomic E-state index is 0.397. The lowest BCUT2D eigenvalue weighted by atomic mass is 10.2. The molecule has 1 nitrogen and oxygen atoms in total. The van der Waals surface area contributed by atoms with Gasteiger partial charge in [0.15, 0.2) is 0 Å². The van der Waals surface area contributed by atoms with Gasteiger partial charge in [0.05, 0.1) is 6.10 Å². The molecule has 0 spiro atoms. The lowest BCUT2D eigenvalue weighted by Gasteiger charge is -1.93. The van der Waals surface area contributed by atoms with Gasteiger partial charge in [0.25, 0.3) is 0 Å². The first-order valence-corrected chi connectivity index (χ1v) is 3.04. The molecule has 0 saturated carbocycles. The summed E-state index contributed by atoms with van der Waals surface area (Å²) in [7, 11) is 0. The van der Waals surface area contributed by atoms with Gasteiger partial charge in [-0.1, -0.05) is 12.2 Å². The summed E-state index contributed by atoms with van der Waals surface area (Å²) in [4.78, 5) is 0. The Morgan fingerprint density at radius 1 is 1.62 bits per heavy atom. The van der Waals surface area contributed by atoms with E-state index >= 15 is 0 Å². The standard InChI is InChI=1S/C7H13O/c1-3-4-5-6-7(2)8/h3-4,7H,5-6H2,1-2H3/b4-3+. The van der Waals surface area contributed by atoms with Crippen LogP contribution in [0.2, 0.25) is 0 Å². The first kappa shape index (κ1) is 7.70. The number of hydrogen-bond acceptors (Lipinski definition) is 0. The molecular weight excluding hydrogens is 100 g/mol. The normalized spacial score (nSPS) is 14.9. The topological polar surface area (TPSA) is 19.9 Å². The molecule has 1 atom stereocenters. The summed E-state index contributed by atoms with van der Waals surface area (Å²) in [6.07, 6.45) is 5.30. The van der Waals surface area contributed by atoms with Crippen LogP contribution in [0.4, 0.5) is 0 Å². The van der Waals surface area contributed by atoms with Crippen molar-refractivity contribution in [1.29, 1.82) is 0 Å². The molecule has 0 aliphatic rings. The molecule has 1 radical (unpaired) electrons. The van der Waals surface area contributed by atoms with Gasteiger partial charge >= 0.3 is 0 Å². The monoisotopic (exact) mass is 113 g/mol. The molecule has 1 unspecified atom stereocenters. The second-order valence-electron chi connectivity index (χ2n) is 1.96. The van der Waals surface area contributed by atoms with Crippen LogP contribution in [0.5, 0.6) is 0 Å². The van der Waals surface area contributed by atoms with Gasteiger partial charge in [-0.05, 0) is 26.7 Å². The van der Waals surface area contributed by atoms with Gasteiger partial charge in [-0.25, -0.2) is 5.11 Å². The summed E-state index contributed by atoms with van der Waals surface area (Å²) in [5.74, 6) is 0. The van der Waals surface area contributed by atoms with Crippen molar-refractivity contribution >= 4 is 0 Å². The molecule has 0 aliphatic heterocycles. The predicted molar refractivity (Wildman–Crippen MR) is 34.2 cm³/mol. The van der Waals surface area contributed by atoms with Crippen LogP contribution in [0.25, 0.3) is 0 Å². The Morgan fingerprint density at radius 3 is 2.62 bits per heavy atom. The first-order chi connectivity index (χ1) is 3.77. The molecule has 0 N–H and O–H groups in total. The quantitative estimate of drug-likeness (QED) is 0.500. The van der Waals surface area contributed by atoms with Crippen molar-refractivity contribution in [3.63, 3.8) is 0 Å². The van der Waals surface area contributed by atoms with E-state index < -0.39 is 6.10 Å². The molecule has 8 heavy (non-hydrogen) atoms. The second kappa shape index (κ2) is 4.85. The molecule has 47 valence electrons. The molecule has 0 bridgehead atoms. The van der Waals surface area contributed by atoms with Gasteiger partial charge < -0.3 is 0 Å². The van der Waals surface area contributed by atoms with Crippen molar-refractivity contribution in [1.82, 2.24) is 0 Å². The molecule has 0 aliphatic carbocycles. The Morgan fingerprint density at radius 2 is 2.25 bits per heavy atom. The van der Waals surface area contributed by atoms with E-state index in [4.69, 9.17) is 0 Å². The third kappa shape index (κ3) is 5.70. The Hall–Kier alpha value is -0.300. The highest BCUT2D eigenvalue weighted by molar-refractivity contribution is 4.76. The number of allylic oxidation sites excluding steroid dienone is 2. The Bertz CT molecular complexity index is 64.8. The van der Waals surface area contributed by atoms with E-state index in [1.54, 1.807) is 6.92 Å². The maximum Gasteiger partial charge on any atom is 0.0905 e. The van der Waals surface area contributed by atoms with Crippen LogP contribution < -0.4 is 0 Å². The van der Waals surface area contributed by atoms with Gasteiger partial charge in [0.1, 0.15) is 0 Å². The fourth-order valence-electron chi connectivity index (χ4n) is 0.498. The van der Waals surface area contributed by atoms with Crippen molar-refractivity contribution in [3.8, 4) is 0 Å². The largest absolute Gasteiger partial charge is 0.233 e. The first-order valence-electron chi connectivity index (χ1n) is 3.04. The fourth-order valence-corrected chi connectivity index (χ4v) is 0.498. The van der Waals surface area contributed by atoms with Crippen LogP contribution in [-0.2, 0) is 5.11 Å².